The molecule has 0 saturated carbocycles. The Morgan fingerprint density at radius 3 is 2.38 bits per heavy atom. The summed E-state index contributed by atoms with van der Waals surface area (Å²) >= 11 is 0. The molecular weight excluding hydrogens is 366 g/mol. The van der Waals surface area contributed by atoms with Gasteiger partial charge in [-0.05, 0) is 43.7 Å². The monoisotopic (exact) mass is 401 g/mol. The Morgan fingerprint density at radius 1 is 1.14 bits per heavy atom. The van der Waals surface area contributed by atoms with Gasteiger partial charge in [-0.3, -0.25) is 14.5 Å². The number of carbonyl (C=O) groups excluding carboxylic acids is 3. The van der Waals surface area contributed by atoms with Crippen molar-refractivity contribution < 1.29 is 14.4 Å². The number of urea groups is 1. The molecule has 0 bridgehead atoms. The van der Waals surface area contributed by atoms with Gasteiger partial charge in [-0.15, -0.1) is 0 Å². The zero-order chi connectivity index (χ0) is 21.6. The van der Waals surface area contributed by atoms with Crippen LogP contribution in [0.25, 0.3) is 0 Å². The van der Waals surface area contributed by atoms with E-state index in [0.717, 1.165) is 42.6 Å². The van der Waals surface area contributed by atoms with Crippen molar-refractivity contribution in [2.75, 3.05) is 6.54 Å². The largest absolute Gasteiger partial charge is 0.352 e. The second kappa shape index (κ2) is 9.90. The third-order valence-electron chi connectivity index (χ3n) is 5.47. The second-order valence-electron chi connectivity index (χ2n) is 8.69. The van der Waals surface area contributed by atoms with Crippen LogP contribution < -0.4 is 10.6 Å². The standard InChI is InChI=1S/C23H35N3O3/c1-6-8-18-11-13-19(14-12-18)23(5)21(28)26(22(29)25-23)15-20(27)24-17(4)10-7-9-16(2)3/h11-14,16-17H,6-10,15H2,1-5H3,(H,24,27)(H,25,29)/t17-,23-/m0/s1. The minimum atomic E-state index is -1.15. The normalized spacial score (nSPS) is 20.1. The third-order valence-corrected chi connectivity index (χ3v) is 5.47. The number of hydrogen-bond acceptors (Lipinski definition) is 3. The highest BCUT2D eigenvalue weighted by Gasteiger charge is 2.49. The lowest BCUT2D eigenvalue weighted by Crippen LogP contribution is -2.45. The molecule has 2 atom stereocenters. The van der Waals surface area contributed by atoms with Crippen molar-refractivity contribution in [2.24, 2.45) is 5.92 Å². The molecule has 0 unspecified atom stereocenters. The first-order valence-corrected chi connectivity index (χ1v) is 10.7. The number of nitrogens with one attached hydrogen (secondary N) is 2. The van der Waals surface area contributed by atoms with Gasteiger partial charge in [0.15, 0.2) is 0 Å². The van der Waals surface area contributed by atoms with Gasteiger partial charge in [0.2, 0.25) is 5.91 Å². The molecule has 1 aliphatic rings. The predicted molar refractivity (Wildman–Crippen MR) is 114 cm³/mol. The summed E-state index contributed by atoms with van der Waals surface area (Å²) in [6, 6.07) is 7.21. The fourth-order valence-electron chi connectivity index (χ4n) is 3.70. The predicted octanol–water partition coefficient (Wildman–Crippen LogP) is 3.74. The maximum Gasteiger partial charge on any atom is 0.325 e. The Kier molecular flexibility index (Phi) is 7.82. The van der Waals surface area contributed by atoms with E-state index >= 15 is 0 Å². The summed E-state index contributed by atoms with van der Waals surface area (Å²) < 4.78 is 0. The number of amides is 4. The SMILES string of the molecule is CCCc1ccc([C@]2(C)NC(=O)N(CC(=O)N[C@@H](C)CCCC(C)C)C2=O)cc1. The minimum absolute atomic E-state index is 0.0134. The molecular formula is C23H35N3O3. The van der Waals surface area contributed by atoms with E-state index in [-0.39, 0.29) is 18.5 Å². The first-order valence-electron chi connectivity index (χ1n) is 10.7. The number of carbonyl (C=O) groups is 3. The number of imide groups is 1. The Hall–Kier alpha value is -2.37. The number of rotatable bonds is 10. The molecule has 1 saturated heterocycles. The molecule has 2 rings (SSSR count). The zero-order valence-electron chi connectivity index (χ0n) is 18.4. The number of nitrogens with zero attached hydrogens (tertiary/aromatic N) is 1. The van der Waals surface area contributed by atoms with Crippen LogP contribution in [0.3, 0.4) is 0 Å². The minimum Gasteiger partial charge on any atom is -0.352 e. The fraction of sp³-hybridized carbons (Fsp3) is 0.609. The number of aryl methyl sites for hydroxylation is 1. The van der Waals surface area contributed by atoms with Crippen LogP contribution in [0.4, 0.5) is 4.79 Å². The van der Waals surface area contributed by atoms with Gasteiger partial charge in [-0.25, -0.2) is 4.79 Å². The topological polar surface area (TPSA) is 78.5 Å². The summed E-state index contributed by atoms with van der Waals surface area (Å²) in [5.41, 5.74) is 0.769. The molecule has 0 aromatic heterocycles. The average molecular weight is 402 g/mol. The van der Waals surface area contributed by atoms with Crippen molar-refractivity contribution in [3.05, 3.63) is 35.4 Å². The maximum atomic E-state index is 13.0. The highest BCUT2D eigenvalue weighted by molar-refractivity contribution is 6.09. The van der Waals surface area contributed by atoms with Gasteiger partial charge in [0.05, 0.1) is 0 Å². The van der Waals surface area contributed by atoms with Gasteiger partial charge in [0, 0.05) is 6.04 Å². The van der Waals surface area contributed by atoms with Crippen LogP contribution in [-0.4, -0.2) is 35.3 Å². The van der Waals surface area contributed by atoms with Gasteiger partial charge in [0.25, 0.3) is 5.91 Å². The molecule has 4 amide bonds. The quantitative estimate of drug-likeness (QED) is 0.586. The summed E-state index contributed by atoms with van der Waals surface area (Å²) in [5, 5.41) is 5.66. The Labute approximate surface area is 174 Å². The summed E-state index contributed by atoms with van der Waals surface area (Å²) in [6.45, 7) is 9.84. The van der Waals surface area contributed by atoms with Crippen molar-refractivity contribution in [1.82, 2.24) is 15.5 Å². The molecule has 0 aliphatic carbocycles. The molecule has 1 fully saturated rings. The summed E-state index contributed by atoms with van der Waals surface area (Å²) in [4.78, 5) is 38.8. The molecule has 29 heavy (non-hydrogen) atoms. The number of hydrogen-bond donors (Lipinski definition) is 2. The lowest BCUT2D eigenvalue weighted by atomic mass is 9.91. The molecule has 6 nitrogen and oxygen atoms in total. The van der Waals surface area contributed by atoms with E-state index in [1.165, 1.54) is 5.56 Å². The van der Waals surface area contributed by atoms with E-state index in [1.54, 1.807) is 6.92 Å². The molecule has 1 heterocycles. The smallest absolute Gasteiger partial charge is 0.325 e. The van der Waals surface area contributed by atoms with E-state index in [2.05, 4.69) is 31.4 Å². The Balaban J connectivity index is 1.98. The van der Waals surface area contributed by atoms with E-state index in [4.69, 9.17) is 0 Å². The van der Waals surface area contributed by atoms with Crippen LogP contribution >= 0.6 is 0 Å². The van der Waals surface area contributed by atoms with Crippen molar-refractivity contribution in [1.29, 1.82) is 0 Å². The third kappa shape index (κ3) is 5.81. The van der Waals surface area contributed by atoms with Crippen LogP contribution in [0.1, 0.15) is 71.4 Å². The first-order chi connectivity index (χ1) is 13.7. The summed E-state index contributed by atoms with van der Waals surface area (Å²) in [6.07, 6.45) is 5.05. The van der Waals surface area contributed by atoms with Crippen LogP contribution in [-0.2, 0) is 21.5 Å². The second-order valence-corrected chi connectivity index (χ2v) is 8.69. The van der Waals surface area contributed by atoms with Gasteiger partial charge < -0.3 is 10.6 Å². The average Bonchev–Trinajstić information content (AvgIpc) is 2.86. The van der Waals surface area contributed by atoms with Gasteiger partial charge in [0.1, 0.15) is 12.1 Å². The zero-order valence-corrected chi connectivity index (χ0v) is 18.4. The lowest BCUT2D eigenvalue weighted by Gasteiger charge is -2.22. The first kappa shape index (κ1) is 22.9. The van der Waals surface area contributed by atoms with E-state index in [9.17, 15) is 14.4 Å². The summed E-state index contributed by atoms with van der Waals surface area (Å²) in [5.74, 6) is -0.0704. The Bertz CT molecular complexity index is 729. The highest BCUT2D eigenvalue weighted by Crippen LogP contribution is 2.29. The Morgan fingerprint density at radius 2 is 1.79 bits per heavy atom. The fourth-order valence-corrected chi connectivity index (χ4v) is 3.70. The van der Waals surface area contributed by atoms with Crippen LogP contribution in [0.2, 0.25) is 0 Å². The maximum absolute atomic E-state index is 13.0. The van der Waals surface area contributed by atoms with Crippen molar-refractivity contribution >= 4 is 17.8 Å². The lowest BCUT2D eigenvalue weighted by molar-refractivity contribution is -0.135. The van der Waals surface area contributed by atoms with Crippen LogP contribution in [0.15, 0.2) is 24.3 Å². The molecule has 2 N–H and O–H groups in total. The van der Waals surface area contributed by atoms with Crippen molar-refractivity contribution in [2.45, 2.75) is 78.3 Å². The van der Waals surface area contributed by atoms with Crippen molar-refractivity contribution in [3.8, 4) is 0 Å². The van der Waals surface area contributed by atoms with E-state index < -0.39 is 17.5 Å². The molecule has 1 aromatic carbocycles. The molecule has 0 spiro atoms. The highest BCUT2D eigenvalue weighted by atomic mass is 16.2. The summed E-state index contributed by atoms with van der Waals surface area (Å²) in [7, 11) is 0. The molecule has 1 aromatic rings. The van der Waals surface area contributed by atoms with Gasteiger partial charge in [-0.1, -0.05) is 64.3 Å². The van der Waals surface area contributed by atoms with Gasteiger partial charge >= 0.3 is 6.03 Å². The molecule has 6 heteroatoms. The number of benzene rings is 1. The van der Waals surface area contributed by atoms with Gasteiger partial charge in [-0.2, -0.15) is 0 Å². The molecule has 0 radical (unpaired) electrons. The molecule has 160 valence electrons. The molecule has 1 aliphatic heterocycles. The van der Waals surface area contributed by atoms with E-state index in [0.29, 0.717) is 5.92 Å². The van der Waals surface area contributed by atoms with E-state index in [1.807, 2.05) is 31.2 Å². The van der Waals surface area contributed by atoms with Crippen LogP contribution in [0.5, 0.6) is 0 Å². The van der Waals surface area contributed by atoms with Crippen LogP contribution in [0, 0.1) is 5.92 Å². The van der Waals surface area contributed by atoms with Crippen molar-refractivity contribution in [3.63, 3.8) is 0 Å².